The van der Waals surface area contributed by atoms with E-state index in [0.717, 1.165) is 12.1 Å². The van der Waals surface area contributed by atoms with E-state index in [1.165, 1.54) is 24.4 Å². The summed E-state index contributed by atoms with van der Waals surface area (Å²) in [5.41, 5.74) is 0.0832. The maximum absolute atomic E-state index is 11.9. The van der Waals surface area contributed by atoms with Crippen molar-refractivity contribution in [3.05, 3.63) is 63.4 Å². The fourth-order valence-corrected chi connectivity index (χ4v) is 1.69. The Kier molecular flexibility index (Phi) is 4.24. The minimum atomic E-state index is -0.904. The average Bonchev–Trinajstić information content (AvgIpc) is 2.49. The van der Waals surface area contributed by atoms with Gasteiger partial charge in [-0.15, -0.1) is 0 Å². The Balaban J connectivity index is 2.14. The van der Waals surface area contributed by atoms with E-state index in [9.17, 15) is 19.7 Å². The number of Topliss-reactive ketones (excluding diaryl/α,β-unsaturated/α-hetero) is 1. The Morgan fingerprint density at radius 2 is 1.86 bits per heavy atom. The van der Waals surface area contributed by atoms with Crippen LogP contribution >= 0.6 is 11.6 Å². The van der Waals surface area contributed by atoms with Crippen LogP contribution in [-0.2, 0) is 4.79 Å². The standard InChI is InChI=1S/C13H8ClN3O4/c14-12-10(2-1-7-15-12)16-13(19)11(18)8-3-5-9(6-4-8)17(20)21/h1-7H,(H,16,19). The van der Waals surface area contributed by atoms with Gasteiger partial charge in [0.05, 0.1) is 10.6 Å². The first kappa shape index (κ1) is 14.6. The van der Waals surface area contributed by atoms with E-state index < -0.39 is 16.6 Å². The van der Waals surface area contributed by atoms with Gasteiger partial charge in [0.1, 0.15) is 0 Å². The lowest BCUT2D eigenvalue weighted by atomic mass is 10.1. The predicted molar refractivity (Wildman–Crippen MR) is 75.3 cm³/mol. The monoisotopic (exact) mass is 305 g/mol. The molecule has 2 rings (SSSR count). The Bertz CT molecular complexity index is 716. The number of hydrogen-bond acceptors (Lipinski definition) is 5. The molecule has 7 nitrogen and oxygen atoms in total. The molecule has 0 bridgehead atoms. The smallest absolute Gasteiger partial charge is 0.296 e. The molecule has 0 aliphatic rings. The summed E-state index contributed by atoms with van der Waals surface area (Å²) in [4.78, 5) is 37.4. The van der Waals surface area contributed by atoms with Gasteiger partial charge >= 0.3 is 0 Å². The van der Waals surface area contributed by atoms with Gasteiger partial charge in [0, 0.05) is 23.9 Å². The molecular formula is C13H8ClN3O4. The number of nitro benzene ring substituents is 1. The molecule has 2 aromatic rings. The van der Waals surface area contributed by atoms with Gasteiger partial charge in [0.15, 0.2) is 5.15 Å². The van der Waals surface area contributed by atoms with E-state index in [1.807, 2.05) is 0 Å². The molecule has 8 heteroatoms. The maximum atomic E-state index is 11.9. The van der Waals surface area contributed by atoms with Crippen molar-refractivity contribution in [1.82, 2.24) is 4.98 Å². The van der Waals surface area contributed by atoms with E-state index in [-0.39, 0.29) is 22.1 Å². The van der Waals surface area contributed by atoms with Crippen molar-refractivity contribution in [2.45, 2.75) is 0 Å². The SMILES string of the molecule is O=C(Nc1cccnc1Cl)C(=O)c1ccc([N+](=O)[O-])cc1. The van der Waals surface area contributed by atoms with Gasteiger partial charge in [0.2, 0.25) is 0 Å². The van der Waals surface area contributed by atoms with Crippen LogP contribution < -0.4 is 5.32 Å². The van der Waals surface area contributed by atoms with E-state index in [0.29, 0.717) is 0 Å². The summed E-state index contributed by atoms with van der Waals surface area (Å²) in [6.45, 7) is 0. The van der Waals surface area contributed by atoms with Crippen molar-refractivity contribution in [3.8, 4) is 0 Å². The number of benzene rings is 1. The van der Waals surface area contributed by atoms with Crippen LogP contribution in [0.2, 0.25) is 5.15 Å². The van der Waals surface area contributed by atoms with Gasteiger partial charge in [-0.2, -0.15) is 0 Å². The van der Waals surface area contributed by atoms with Crippen molar-refractivity contribution < 1.29 is 14.5 Å². The maximum Gasteiger partial charge on any atom is 0.296 e. The zero-order chi connectivity index (χ0) is 15.4. The molecule has 1 N–H and O–H groups in total. The van der Waals surface area contributed by atoms with Crippen molar-refractivity contribution in [2.75, 3.05) is 5.32 Å². The predicted octanol–water partition coefficient (Wildman–Crippen LogP) is 2.46. The van der Waals surface area contributed by atoms with Crippen molar-refractivity contribution >= 4 is 34.7 Å². The molecule has 0 spiro atoms. The van der Waals surface area contributed by atoms with Gasteiger partial charge in [-0.1, -0.05) is 11.6 Å². The minimum Gasteiger partial charge on any atom is -0.316 e. The van der Waals surface area contributed by atoms with Gasteiger partial charge in [0.25, 0.3) is 17.4 Å². The van der Waals surface area contributed by atoms with Crippen LogP contribution in [0.4, 0.5) is 11.4 Å². The van der Waals surface area contributed by atoms with Crippen molar-refractivity contribution in [2.24, 2.45) is 0 Å². The number of rotatable bonds is 4. The van der Waals surface area contributed by atoms with Crippen LogP contribution in [0.1, 0.15) is 10.4 Å². The number of aromatic nitrogens is 1. The number of non-ortho nitro benzene ring substituents is 1. The van der Waals surface area contributed by atoms with E-state index in [1.54, 1.807) is 6.07 Å². The molecule has 21 heavy (non-hydrogen) atoms. The second-order valence-corrected chi connectivity index (χ2v) is 4.29. The number of hydrogen-bond donors (Lipinski definition) is 1. The molecule has 0 atom stereocenters. The third-order valence-corrected chi connectivity index (χ3v) is 2.86. The van der Waals surface area contributed by atoms with E-state index in [4.69, 9.17) is 11.6 Å². The number of pyridine rings is 1. The summed E-state index contributed by atoms with van der Waals surface area (Å²) in [5, 5.41) is 12.9. The Morgan fingerprint density at radius 3 is 2.43 bits per heavy atom. The molecule has 106 valence electrons. The van der Waals surface area contributed by atoms with Crippen molar-refractivity contribution in [3.63, 3.8) is 0 Å². The van der Waals surface area contributed by atoms with Crippen LogP contribution in [0.15, 0.2) is 42.6 Å². The molecule has 0 saturated carbocycles. The first-order valence-corrected chi connectivity index (χ1v) is 6.07. The molecule has 0 radical (unpaired) electrons. The van der Waals surface area contributed by atoms with Crippen LogP contribution in [0.3, 0.4) is 0 Å². The normalized spacial score (nSPS) is 9.95. The number of amides is 1. The number of nitrogens with one attached hydrogen (secondary N) is 1. The second kappa shape index (κ2) is 6.10. The number of halogens is 1. The number of carbonyl (C=O) groups excluding carboxylic acids is 2. The van der Waals surface area contributed by atoms with Crippen LogP contribution in [0.25, 0.3) is 0 Å². The first-order valence-electron chi connectivity index (χ1n) is 5.69. The molecule has 0 aliphatic heterocycles. The van der Waals surface area contributed by atoms with Crippen molar-refractivity contribution in [1.29, 1.82) is 0 Å². The Morgan fingerprint density at radius 1 is 1.19 bits per heavy atom. The largest absolute Gasteiger partial charge is 0.316 e. The number of nitro groups is 1. The van der Waals surface area contributed by atoms with Crippen LogP contribution in [-0.4, -0.2) is 21.6 Å². The summed E-state index contributed by atoms with van der Waals surface area (Å²) in [6.07, 6.45) is 1.44. The Labute approximate surface area is 123 Å². The summed E-state index contributed by atoms with van der Waals surface area (Å²) in [7, 11) is 0. The number of carbonyl (C=O) groups is 2. The highest BCUT2D eigenvalue weighted by Gasteiger charge is 2.18. The molecule has 0 unspecified atom stereocenters. The molecule has 1 aromatic carbocycles. The average molecular weight is 306 g/mol. The van der Waals surface area contributed by atoms with E-state index in [2.05, 4.69) is 10.3 Å². The lowest BCUT2D eigenvalue weighted by Crippen LogP contribution is -2.23. The number of nitrogens with zero attached hydrogens (tertiary/aromatic N) is 2. The van der Waals surface area contributed by atoms with Gasteiger partial charge in [-0.25, -0.2) is 4.98 Å². The summed E-state index contributed by atoms with van der Waals surface area (Å²) in [5.74, 6) is -1.73. The molecule has 0 fully saturated rings. The fourth-order valence-electron chi connectivity index (χ4n) is 1.52. The zero-order valence-electron chi connectivity index (χ0n) is 10.4. The van der Waals surface area contributed by atoms with Gasteiger partial charge < -0.3 is 5.32 Å². The third kappa shape index (κ3) is 3.40. The summed E-state index contributed by atoms with van der Waals surface area (Å²) < 4.78 is 0. The highest BCUT2D eigenvalue weighted by Crippen LogP contribution is 2.18. The topological polar surface area (TPSA) is 102 Å². The van der Waals surface area contributed by atoms with Crippen LogP contribution in [0.5, 0.6) is 0 Å². The summed E-state index contributed by atoms with van der Waals surface area (Å²) in [6, 6.07) is 7.78. The molecule has 1 amide bonds. The quantitative estimate of drug-likeness (QED) is 0.307. The van der Waals surface area contributed by atoms with Gasteiger partial charge in [-0.05, 0) is 24.3 Å². The zero-order valence-corrected chi connectivity index (χ0v) is 11.2. The lowest BCUT2D eigenvalue weighted by molar-refractivity contribution is -0.384. The van der Waals surface area contributed by atoms with E-state index >= 15 is 0 Å². The number of ketones is 1. The molecular weight excluding hydrogens is 298 g/mol. The highest BCUT2D eigenvalue weighted by atomic mass is 35.5. The lowest BCUT2D eigenvalue weighted by Gasteiger charge is -2.05. The Hall–Kier alpha value is -2.80. The number of anilines is 1. The molecule has 0 saturated heterocycles. The molecule has 0 aliphatic carbocycles. The van der Waals surface area contributed by atoms with Crippen LogP contribution in [0, 0.1) is 10.1 Å². The fraction of sp³-hybridized carbons (Fsp3) is 0. The first-order chi connectivity index (χ1) is 9.99. The second-order valence-electron chi connectivity index (χ2n) is 3.93. The molecule has 1 aromatic heterocycles. The highest BCUT2D eigenvalue weighted by molar-refractivity contribution is 6.47. The molecule has 1 heterocycles. The van der Waals surface area contributed by atoms with Gasteiger partial charge in [-0.3, -0.25) is 19.7 Å². The third-order valence-electron chi connectivity index (χ3n) is 2.55. The minimum absolute atomic E-state index is 0.0399. The summed E-state index contributed by atoms with van der Waals surface area (Å²) >= 11 is 5.76.